The number of halogens is 2. The van der Waals surface area contributed by atoms with Crippen LogP contribution in [0.2, 0.25) is 10.0 Å². The predicted molar refractivity (Wildman–Crippen MR) is 99.3 cm³/mol. The van der Waals surface area contributed by atoms with Crippen molar-refractivity contribution >= 4 is 40.8 Å². The molecule has 1 aromatic heterocycles. The third kappa shape index (κ3) is 3.71. The molecular formula is C18H13Cl2N3O3. The van der Waals surface area contributed by atoms with Gasteiger partial charge >= 0.3 is 5.97 Å². The number of hydrogen-bond acceptors (Lipinski definition) is 4. The van der Waals surface area contributed by atoms with Crippen molar-refractivity contribution in [1.82, 2.24) is 9.78 Å². The van der Waals surface area contributed by atoms with E-state index in [4.69, 9.17) is 23.2 Å². The monoisotopic (exact) mass is 389 g/mol. The number of esters is 1. The minimum absolute atomic E-state index is 0.0127. The number of hydrogen-bond donors (Lipinski definition) is 1. The van der Waals surface area contributed by atoms with Gasteiger partial charge in [0.2, 0.25) is 0 Å². The van der Waals surface area contributed by atoms with Crippen molar-refractivity contribution in [2.24, 2.45) is 0 Å². The average Bonchev–Trinajstić information content (AvgIpc) is 3.10. The number of carbonyl (C=O) groups excluding carboxylic acids is 2. The number of benzene rings is 2. The standard InChI is InChI=1S/C18H13Cl2N3O3/c1-26-18(25)15-10-16(23(22-15)12-5-3-2-4-6-12)17(24)21-14-9-11(19)7-8-13(14)20/h2-10H,1H3,(H,21,24). The summed E-state index contributed by atoms with van der Waals surface area (Å²) in [6.07, 6.45) is 0. The lowest BCUT2D eigenvalue weighted by Gasteiger charge is -2.09. The lowest BCUT2D eigenvalue weighted by Crippen LogP contribution is -2.17. The molecule has 132 valence electrons. The Labute approximate surface area is 159 Å². The van der Waals surface area contributed by atoms with Crippen LogP contribution >= 0.6 is 23.2 Å². The van der Waals surface area contributed by atoms with Gasteiger partial charge < -0.3 is 10.1 Å². The predicted octanol–water partition coefficient (Wildman–Crippen LogP) is 4.22. The largest absolute Gasteiger partial charge is 0.464 e. The van der Waals surface area contributed by atoms with Gasteiger partial charge in [-0.15, -0.1) is 0 Å². The number of nitrogens with one attached hydrogen (secondary N) is 1. The molecule has 1 amide bonds. The summed E-state index contributed by atoms with van der Waals surface area (Å²) in [4.78, 5) is 24.6. The highest BCUT2D eigenvalue weighted by Gasteiger charge is 2.21. The highest BCUT2D eigenvalue weighted by atomic mass is 35.5. The van der Waals surface area contributed by atoms with Gasteiger partial charge in [-0.2, -0.15) is 5.10 Å². The summed E-state index contributed by atoms with van der Waals surface area (Å²) in [6.45, 7) is 0. The van der Waals surface area contributed by atoms with E-state index in [9.17, 15) is 9.59 Å². The number of methoxy groups -OCH3 is 1. The molecule has 6 nitrogen and oxygen atoms in total. The highest BCUT2D eigenvalue weighted by Crippen LogP contribution is 2.26. The van der Waals surface area contributed by atoms with Gasteiger partial charge in [-0.3, -0.25) is 4.79 Å². The molecule has 0 aliphatic carbocycles. The van der Waals surface area contributed by atoms with E-state index in [-0.39, 0.29) is 11.4 Å². The average molecular weight is 390 g/mol. The van der Waals surface area contributed by atoms with E-state index in [1.165, 1.54) is 23.9 Å². The molecule has 3 rings (SSSR count). The Morgan fingerprint density at radius 3 is 2.50 bits per heavy atom. The summed E-state index contributed by atoms with van der Waals surface area (Å²) in [5, 5.41) is 7.62. The van der Waals surface area contributed by atoms with Crippen molar-refractivity contribution in [1.29, 1.82) is 0 Å². The molecule has 0 aliphatic heterocycles. The van der Waals surface area contributed by atoms with Gasteiger partial charge in [0.25, 0.3) is 5.91 Å². The van der Waals surface area contributed by atoms with Crippen LogP contribution in [0.4, 0.5) is 5.69 Å². The van der Waals surface area contributed by atoms with Gasteiger partial charge in [-0.25, -0.2) is 9.48 Å². The van der Waals surface area contributed by atoms with E-state index in [0.29, 0.717) is 21.4 Å². The normalized spacial score (nSPS) is 10.4. The minimum Gasteiger partial charge on any atom is -0.464 e. The SMILES string of the molecule is COC(=O)c1cc(C(=O)Nc2cc(Cl)ccc2Cl)n(-c2ccccc2)n1. The molecule has 3 aromatic rings. The number of para-hydroxylation sites is 1. The first-order valence-electron chi connectivity index (χ1n) is 7.50. The Morgan fingerprint density at radius 2 is 1.81 bits per heavy atom. The van der Waals surface area contributed by atoms with Crippen LogP contribution in [0.3, 0.4) is 0 Å². The Morgan fingerprint density at radius 1 is 1.08 bits per heavy atom. The number of aromatic nitrogens is 2. The van der Waals surface area contributed by atoms with Crippen LogP contribution in [0.5, 0.6) is 0 Å². The smallest absolute Gasteiger partial charge is 0.358 e. The fourth-order valence-corrected chi connectivity index (χ4v) is 2.63. The molecule has 0 fully saturated rings. The van der Waals surface area contributed by atoms with Gasteiger partial charge in [0.15, 0.2) is 5.69 Å². The van der Waals surface area contributed by atoms with E-state index in [1.54, 1.807) is 36.4 Å². The van der Waals surface area contributed by atoms with Crippen molar-refractivity contribution in [2.45, 2.75) is 0 Å². The van der Waals surface area contributed by atoms with Crippen molar-refractivity contribution in [2.75, 3.05) is 12.4 Å². The maximum Gasteiger partial charge on any atom is 0.358 e. The molecular weight excluding hydrogens is 377 g/mol. The van der Waals surface area contributed by atoms with Crippen LogP contribution in [-0.2, 0) is 4.74 Å². The molecule has 8 heteroatoms. The lowest BCUT2D eigenvalue weighted by atomic mass is 10.2. The molecule has 0 unspecified atom stereocenters. The van der Waals surface area contributed by atoms with Crippen molar-refractivity contribution in [3.8, 4) is 5.69 Å². The second kappa shape index (κ2) is 7.59. The van der Waals surface area contributed by atoms with Crippen LogP contribution in [0, 0.1) is 0 Å². The second-order valence-corrected chi connectivity index (χ2v) is 6.08. The molecule has 0 bridgehead atoms. The zero-order valence-corrected chi connectivity index (χ0v) is 15.1. The highest BCUT2D eigenvalue weighted by molar-refractivity contribution is 6.35. The van der Waals surface area contributed by atoms with Gasteiger partial charge in [0.1, 0.15) is 5.69 Å². The van der Waals surface area contributed by atoms with Crippen molar-refractivity contribution in [3.05, 3.63) is 76.0 Å². The number of rotatable bonds is 4. The maximum absolute atomic E-state index is 12.8. The third-order valence-electron chi connectivity index (χ3n) is 3.51. The van der Waals surface area contributed by atoms with Crippen LogP contribution in [0.15, 0.2) is 54.6 Å². The maximum atomic E-state index is 12.8. The van der Waals surface area contributed by atoms with Gasteiger partial charge in [0, 0.05) is 11.1 Å². The van der Waals surface area contributed by atoms with Gasteiger partial charge in [-0.1, -0.05) is 41.4 Å². The van der Waals surface area contributed by atoms with Crippen molar-refractivity contribution in [3.63, 3.8) is 0 Å². The number of anilines is 1. The summed E-state index contributed by atoms with van der Waals surface area (Å²) in [5.74, 6) is -1.14. The van der Waals surface area contributed by atoms with Crippen LogP contribution in [0.25, 0.3) is 5.69 Å². The molecule has 0 aliphatic rings. The van der Waals surface area contributed by atoms with E-state index < -0.39 is 11.9 Å². The Kier molecular flexibility index (Phi) is 5.25. The van der Waals surface area contributed by atoms with Crippen molar-refractivity contribution < 1.29 is 14.3 Å². The zero-order valence-electron chi connectivity index (χ0n) is 13.6. The second-order valence-electron chi connectivity index (χ2n) is 5.23. The number of nitrogens with zero attached hydrogens (tertiary/aromatic N) is 2. The summed E-state index contributed by atoms with van der Waals surface area (Å²) in [6, 6.07) is 15.0. The van der Waals surface area contributed by atoms with Gasteiger partial charge in [-0.05, 0) is 30.3 Å². The first kappa shape index (κ1) is 18.0. The van der Waals surface area contributed by atoms with Crippen LogP contribution < -0.4 is 5.32 Å². The van der Waals surface area contributed by atoms with Gasteiger partial charge in [0.05, 0.1) is 23.5 Å². The first-order valence-corrected chi connectivity index (χ1v) is 8.25. The number of ether oxygens (including phenoxy) is 1. The fourth-order valence-electron chi connectivity index (χ4n) is 2.29. The minimum atomic E-state index is -0.644. The first-order chi connectivity index (χ1) is 12.5. The Bertz CT molecular complexity index is 971. The Balaban J connectivity index is 2.02. The van der Waals surface area contributed by atoms with Crippen LogP contribution in [-0.4, -0.2) is 28.8 Å². The summed E-state index contributed by atoms with van der Waals surface area (Å²) >= 11 is 12.0. The quantitative estimate of drug-likeness (QED) is 0.677. The molecule has 0 saturated carbocycles. The molecule has 0 atom stereocenters. The summed E-state index contributed by atoms with van der Waals surface area (Å²) < 4.78 is 6.05. The lowest BCUT2D eigenvalue weighted by molar-refractivity contribution is 0.0593. The fraction of sp³-hybridized carbons (Fsp3) is 0.0556. The molecule has 1 N–H and O–H groups in total. The van der Waals surface area contributed by atoms with E-state index in [1.807, 2.05) is 6.07 Å². The molecule has 0 saturated heterocycles. The number of carbonyl (C=O) groups is 2. The van der Waals surface area contributed by atoms with E-state index >= 15 is 0 Å². The molecule has 0 radical (unpaired) electrons. The molecule has 26 heavy (non-hydrogen) atoms. The topological polar surface area (TPSA) is 73.2 Å². The molecule has 0 spiro atoms. The van der Waals surface area contributed by atoms with E-state index in [2.05, 4.69) is 15.2 Å². The molecule has 1 heterocycles. The summed E-state index contributed by atoms with van der Waals surface area (Å²) in [7, 11) is 1.25. The Hall–Kier alpha value is -2.83. The third-order valence-corrected chi connectivity index (χ3v) is 4.08. The zero-order chi connectivity index (χ0) is 18.7. The summed E-state index contributed by atoms with van der Waals surface area (Å²) in [5.41, 5.74) is 1.13. The van der Waals surface area contributed by atoms with Crippen LogP contribution in [0.1, 0.15) is 21.0 Å². The van der Waals surface area contributed by atoms with E-state index in [0.717, 1.165) is 0 Å². The number of amides is 1. The molecule has 2 aromatic carbocycles.